The molecule has 156 valence electrons. The minimum absolute atomic E-state index is 0.0454. The van der Waals surface area contributed by atoms with Gasteiger partial charge in [-0.15, -0.1) is 0 Å². The molecule has 3 rings (SSSR count). The molecular weight excluding hydrogens is 387 g/mol. The van der Waals surface area contributed by atoms with Crippen molar-refractivity contribution in [1.29, 1.82) is 0 Å². The number of aromatic nitrogens is 2. The normalized spacial score (nSPS) is 11.6. The Morgan fingerprint density at radius 2 is 1.77 bits per heavy atom. The second-order valence-corrected chi connectivity index (χ2v) is 6.83. The van der Waals surface area contributed by atoms with E-state index in [1.807, 2.05) is 12.1 Å². The Bertz CT molecular complexity index is 973. The second-order valence-electron chi connectivity index (χ2n) is 6.83. The van der Waals surface area contributed by atoms with Gasteiger partial charge in [-0.1, -0.05) is 12.1 Å². The van der Waals surface area contributed by atoms with Gasteiger partial charge in [-0.05, 0) is 55.0 Å². The van der Waals surface area contributed by atoms with Crippen molar-refractivity contribution in [3.05, 3.63) is 78.4 Å². The average molecular weight is 410 g/mol. The van der Waals surface area contributed by atoms with Gasteiger partial charge < -0.3 is 15.0 Å². The van der Waals surface area contributed by atoms with Crippen LogP contribution >= 0.6 is 0 Å². The van der Waals surface area contributed by atoms with E-state index in [9.17, 15) is 14.0 Å². The molecule has 2 aromatic carbocycles. The molecule has 0 radical (unpaired) electrons. The maximum Gasteiger partial charge on any atom is 0.247 e. The summed E-state index contributed by atoms with van der Waals surface area (Å²) in [6.07, 6.45) is 3.31. The Balaban J connectivity index is 1.46. The number of hydrogen-bond acceptors (Lipinski definition) is 4. The van der Waals surface area contributed by atoms with Crippen molar-refractivity contribution in [2.24, 2.45) is 0 Å². The Hall–Kier alpha value is -3.68. The van der Waals surface area contributed by atoms with Gasteiger partial charge in [-0.3, -0.25) is 14.3 Å². The molecule has 1 atom stereocenters. The highest BCUT2D eigenvalue weighted by Gasteiger charge is 2.21. The van der Waals surface area contributed by atoms with Crippen molar-refractivity contribution in [2.45, 2.75) is 19.5 Å². The summed E-state index contributed by atoms with van der Waals surface area (Å²) in [5.74, 6) is 0.363. The molecule has 0 aliphatic heterocycles. The highest BCUT2D eigenvalue weighted by atomic mass is 19.1. The van der Waals surface area contributed by atoms with Gasteiger partial charge in [0.05, 0.1) is 6.54 Å². The SMILES string of the molecule is CC(C(=O)N(C)CC(=O)NCc1ccc(Oc2ccc(F)cc2)cc1)n1cccn1. The molecule has 0 saturated heterocycles. The molecular formula is C22H23FN4O3. The van der Waals surface area contributed by atoms with Crippen molar-refractivity contribution in [1.82, 2.24) is 20.0 Å². The molecule has 1 unspecified atom stereocenters. The van der Waals surface area contributed by atoms with Gasteiger partial charge in [0.2, 0.25) is 11.8 Å². The molecule has 1 aromatic heterocycles. The zero-order valence-electron chi connectivity index (χ0n) is 16.8. The van der Waals surface area contributed by atoms with E-state index in [0.29, 0.717) is 18.0 Å². The standard InChI is InChI=1S/C22H23FN4O3/c1-16(27-13-3-12-25-27)22(29)26(2)15-21(28)24-14-17-4-8-19(9-5-17)30-20-10-6-18(23)7-11-20/h3-13,16H,14-15H2,1-2H3,(H,24,28). The predicted molar refractivity (Wildman–Crippen MR) is 109 cm³/mol. The number of rotatable bonds is 8. The maximum absolute atomic E-state index is 12.9. The van der Waals surface area contributed by atoms with Crippen LogP contribution in [0.3, 0.4) is 0 Å². The average Bonchev–Trinajstić information content (AvgIpc) is 3.28. The summed E-state index contributed by atoms with van der Waals surface area (Å²) < 4.78 is 20.1. The van der Waals surface area contributed by atoms with E-state index in [0.717, 1.165) is 5.56 Å². The largest absolute Gasteiger partial charge is 0.457 e. The van der Waals surface area contributed by atoms with Crippen LogP contribution in [0.4, 0.5) is 4.39 Å². The molecule has 1 N–H and O–H groups in total. The first kappa shape index (κ1) is 21.0. The quantitative estimate of drug-likeness (QED) is 0.619. The third-order valence-corrected chi connectivity index (χ3v) is 4.50. The Kier molecular flexibility index (Phi) is 6.79. The smallest absolute Gasteiger partial charge is 0.247 e. The summed E-state index contributed by atoms with van der Waals surface area (Å²) in [5.41, 5.74) is 0.883. The summed E-state index contributed by atoms with van der Waals surface area (Å²) in [5, 5.41) is 6.85. The minimum atomic E-state index is -0.480. The van der Waals surface area contributed by atoms with Crippen LogP contribution in [0.5, 0.6) is 11.5 Å². The molecule has 3 aromatic rings. The lowest BCUT2D eigenvalue weighted by atomic mass is 10.2. The number of nitrogens with zero attached hydrogens (tertiary/aromatic N) is 3. The minimum Gasteiger partial charge on any atom is -0.457 e. The molecule has 2 amide bonds. The first-order valence-electron chi connectivity index (χ1n) is 9.45. The number of carbonyl (C=O) groups excluding carboxylic acids is 2. The van der Waals surface area contributed by atoms with Crippen LogP contribution < -0.4 is 10.1 Å². The van der Waals surface area contributed by atoms with Crippen LogP contribution in [0.15, 0.2) is 67.0 Å². The number of nitrogens with one attached hydrogen (secondary N) is 1. The topological polar surface area (TPSA) is 76.5 Å². The summed E-state index contributed by atoms with van der Waals surface area (Å²) in [6.45, 7) is 2.02. The first-order valence-corrected chi connectivity index (χ1v) is 9.45. The number of hydrogen-bond donors (Lipinski definition) is 1. The molecule has 8 heteroatoms. The van der Waals surface area contributed by atoms with E-state index in [2.05, 4.69) is 10.4 Å². The van der Waals surface area contributed by atoms with Crippen molar-refractivity contribution < 1.29 is 18.7 Å². The van der Waals surface area contributed by atoms with Gasteiger partial charge in [0.25, 0.3) is 0 Å². The zero-order chi connectivity index (χ0) is 21.5. The molecule has 0 aliphatic rings. The number of amides is 2. The van der Waals surface area contributed by atoms with Gasteiger partial charge in [-0.25, -0.2) is 4.39 Å². The highest BCUT2D eigenvalue weighted by molar-refractivity contribution is 5.86. The van der Waals surface area contributed by atoms with Crippen LogP contribution in [0.2, 0.25) is 0 Å². The van der Waals surface area contributed by atoms with Gasteiger partial charge in [-0.2, -0.15) is 5.10 Å². The Morgan fingerprint density at radius 1 is 1.13 bits per heavy atom. The van der Waals surface area contributed by atoms with Crippen LogP contribution in [-0.4, -0.2) is 40.1 Å². The molecule has 0 aliphatic carbocycles. The highest BCUT2D eigenvalue weighted by Crippen LogP contribution is 2.21. The third kappa shape index (κ3) is 5.66. The van der Waals surface area contributed by atoms with E-state index in [4.69, 9.17) is 4.74 Å². The molecule has 1 heterocycles. The van der Waals surface area contributed by atoms with Gasteiger partial charge >= 0.3 is 0 Å². The molecule has 30 heavy (non-hydrogen) atoms. The fourth-order valence-electron chi connectivity index (χ4n) is 2.81. The lowest BCUT2D eigenvalue weighted by molar-refractivity contribution is -0.137. The van der Waals surface area contributed by atoms with Crippen molar-refractivity contribution in [2.75, 3.05) is 13.6 Å². The predicted octanol–water partition coefficient (Wildman–Crippen LogP) is 3.15. The summed E-state index contributed by atoms with van der Waals surface area (Å²) >= 11 is 0. The maximum atomic E-state index is 12.9. The number of likely N-dealkylation sites (N-methyl/N-ethyl adjacent to an activating group) is 1. The fraction of sp³-hybridized carbons (Fsp3) is 0.227. The van der Waals surface area contributed by atoms with Crippen LogP contribution in [0.25, 0.3) is 0 Å². The molecule has 0 bridgehead atoms. The first-order chi connectivity index (χ1) is 14.4. The number of ether oxygens (including phenoxy) is 1. The van der Waals surface area contributed by atoms with Crippen molar-refractivity contribution in [3.63, 3.8) is 0 Å². The molecule has 0 saturated carbocycles. The Labute approximate surface area is 174 Å². The number of halogens is 1. The summed E-state index contributed by atoms with van der Waals surface area (Å²) in [6, 6.07) is 14.2. The van der Waals surface area contributed by atoms with E-state index < -0.39 is 6.04 Å². The van der Waals surface area contributed by atoms with E-state index >= 15 is 0 Å². The molecule has 7 nitrogen and oxygen atoms in total. The lowest BCUT2D eigenvalue weighted by Gasteiger charge is -2.21. The monoisotopic (exact) mass is 410 g/mol. The zero-order valence-corrected chi connectivity index (χ0v) is 16.8. The molecule has 0 spiro atoms. The third-order valence-electron chi connectivity index (χ3n) is 4.50. The lowest BCUT2D eigenvalue weighted by Crippen LogP contribution is -2.40. The summed E-state index contributed by atoms with van der Waals surface area (Å²) in [7, 11) is 1.59. The summed E-state index contributed by atoms with van der Waals surface area (Å²) in [4.78, 5) is 26.0. The van der Waals surface area contributed by atoms with Crippen molar-refractivity contribution in [3.8, 4) is 11.5 Å². The van der Waals surface area contributed by atoms with Gasteiger partial charge in [0.1, 0.15) is 23.4 Å². The van der Waals surface area contributed by atoms with Gasteiger partial charge in [0, 0.05) is 26.0 Å². The van der Waals surface area contributed by atoms with Crippen LogP contribution in [-0.2, 0) is 16.1 Å². The Morgan fingerprint density at radius 3 is 2.37 bits per heavy atom. The second kappa shape index (κ2) is 9.69. The number of benzene rings is 2. The van der Waals surface area contributed by atoms with Crippen molar-refractivity contribution >= 4 is 11.8 Å². The van der Waals surface area contributed by atoms with E-state index in [1.165, 1.54) is 17.0 Å². The van der Waals surface area contributed by atoms with E-state index in [1.54, 1.807) is 61.4 Å². The molecule has 0 fully saturated rings. The van der Waals surface area contributed by atoms with Crippen LogP contribution in [0, 0.1) is 5.82 Å². The van der Waals surface area contributed by atoms with E-state index in [-0.39, 0.29) is 24.2 Å². The van der Waals surface area contributed by atoms with Crippen LogP contribution in [0.1, 0.15) is 18.5 Å². The van der Waals surface area contributed by atoms with Gasteiger partial charge in [0.15, 0.2) is 0 Å². The number of carbonyl (C=O) groups is 2. The fourth-order valence-corrected chi connectivity index (χ4v) is 2.81.